The molecule has 5 N–H and O–H groups in total. The fourth-order valence-corrected chi connectivity index (χ4v) is 3.86. The first-order valence-corrected chi connectivity index (χ1v) is 10.9. The number of nitrogens with two attached hydrogens (primary N) is 2. The number of aromatic nitrogens is 4. The molecule has 1 aliphatic heterocycles. The molecule has 3 aromatic heterocycles. The third kappa shape index (κ3) is 6.97. The van der Waals surface area contributed by atoms with Gasteiger partial charge in [0.05, 0.1) is 17.3 Å². The van der Waals surface area contributed by atoms with E-state index < -0.39 is 41.8 Å². The Kier molecular flexibility index (Phi) is 8.30. The summed E-state index contributed by atoms with van der Waals surface area (Å²) in [5, 5.41) is 7.12. The number of alkyl halides is 9. The second-order valence-electron chi connectivity index (χ2n) is 8.21. The van der Waals surface area contributed by atoms with Gasteiger partial charge in [-0.25, -0.2) is 14.8 Å². The number of halogens is 9. The molecule has 9 nitrogen and oxygen atoms in total. The summed E-state index contributed by atoms with van der Waals surface area (Å²) in [7, 11) is 0. The highest BCUT2D eigenvalue weighted by Crippen LogP contribution is 2.41. The van der Waals surface area contributed by atoms with Crippen LogP contribution < -0.4 is 16.4 Å². The van der Waals surface area contributed by atoms with Gasteiger partial charge < -0.3 is 21.5 Å². The summed E-state index contributed by atoms with van der Waals surface area (Å²) in [6, 6.07) is 3.16. The van der Waals surface area contributed by atoms with Crippen molar-refractivity contribution in [2.24, 2.45) is 0 Å². The monoisotopic (exact) mass is 583 g/mol. The summed E-state index contributed by atoms with van der Waals surface area (Å²) in [4.78, 5) is 25.8. The van der Waals surface area contributed by atoms with Gasteiger partial charge >= 0.3 is 24.5 Å². The van der Waals surface area contributed by atoms with E-state index in [9.17, 15) is 39.5 Å². The van der Waals surface area contributed by atoms with Crippen molar-refractivity contribution in [3.8, 4) is 0 Å². The highest BCUT2D eigenvalue weighted by atomic mass is 19.4. The van der Waals surface area contributed by atoms with Crippen LogP contribution in [-0.4, -0.2) is 43.7 Å². The SMILES string of the molecule is Nc1nc(N)c2c(n1)CC(c1ccc(C(F)(F)F)nc1)N(c1ncccc1C(F)(F)F)CC2.O=C(O)C(F)(F)F. The molecule has 0 saturated carbocycles. The number of pyridine rings is 2. The number of fused-ring (bicyclic) bond motifs is 1. The van der Waals surface area contributed by atoms with Crippen LogP contribution in [0.3, 0.4) is 0 Å². The minimum absolute atomic E-state index is 0.00711. The Bertz CT molecular complexity index is 1360. The van der Waals surface area contributed by atoms with E-state index in [0.717, 1.165) is 24.4 Å². The smallest absolute Gasteiger partial charge is 0.475 e. The molecule has 0 fully saturated rings. The Labute approximate surface area is 218 Å². The van der Waals surface area contributed by atoms with Crippen LogP contribution in [0.15, 0.2) is 36.7 Å². The van der Waals surface area contributed by atoms with E-state index in [1.54, 1.807) is 0 Å². The van der Waals surface area contributed by atoms with Gasteiger partial charge in [0.1, 0.15) is 17.3 Å². The van der Waals surface area contributed by atoms with Crippen molar-refractivity contribution >= 4 is 23.6 Å². The van der Waals surface area contributed by atoms with Crippen LogP contribution in [0.25, 0.3) is 0 Å². The molecular weight excluding hydrogens is 565 g/mol. The number of nitrogens with zero attached hydrogens (tertiary/aromatic N) is 5. The number of nitrogen functional groups attached to an aromatic ring is 2. The van der Waals surface area contributed by atoms with Gasteiger partial charge in [-0.2, -0.15) is 44.5 Å². The standard InChI is InChI=1S/C20H17F6N7.C2HF3O2/c21-19(22,23)12-2-1-6-29-17(12)33-7-5-11-13(31-18(28)32-16(11)27)8-14(33)10-3-4-15(30-9-10)20(24,25)26;3-2(4,5)1(6)7/h1-4,6,9,14H,5,7-8H2,(H4,27,28,31,32);(H,6,7). The molecule has 4 heterocycles. The van der Waals surface area contributed by atoms with E-state index in [1.165, 1.54) is 17.2 Å². The second kappa shape index (κ2) is 11.0. The van der Waals surface area contributed by atoms with Crippen LogP contribution in [0, 0.1) is 0 Å². The first-order valence-electron chi connectivity index (χ1n) is 10.9. The van der Waals surface area contributed by atoms with Crippen LogP contribution in [0.5, 0.6) is 0 Å². The predicted octanol–water partition coefficient (Wildman–Crippen LogP) is 4.45. The summed E-state index contributed by atoms with van der Waals surface area (Å²) < 4.78 is 112. The van der Waals surface area contributed by atoms with Crippen LogP contribution in [0.4, 0.5) is 57.1 Å². The molecule has 0 amide bonds. The number of hydrogen-bond donors (Lipinski definition) is 3. The molecule has 0 radical (unpaired) electrons. The molecular formula is C22H18F9N7O2. The Hall–Kier alpha value is -4.38. The Morgan fingerprint density at radius 2 is 1.60 bits per heavy atom. The fraction of sp³-hybridized carbons (Fsp3) is 0.318. The molecule has 1 unspecified atom stereocenters. The number of hydrogen-bond acceptors (Lipinski definition) is 8. The van der Waals surface area contributed by atoms with Crippen molar-refractivity contribution in [3.05, 3.63) is 64.7 Å². The zero-order valence-corrected chi connectivity index (χ0v) is 19.8. The van der Waals surface area contributed by atoms with Gasteiger partial charge in [0.2, 0.25) is 5.95 Å². The average Bonchev–Trinajstić information content (AvgIpc) is 3.03. The third-order valence-corrected chi connectivity index (χ3v) is 5.58. The molecule has 0 bridgehead atoms. The number of rotatable bonds is 2. The lowest BCUT2D eigenvalue weighted by Crippen LogP contribution is -2.33. The van der Waals surface area contributed by atoms with Crippen molar-refractivity contribution < 1.29 is 49.4 Å². The van der Waals surface area contributed by atoms with E-state index in [1.807, 2.05) is 0 Å². The Balaban J connectivity index is 0.000000559. The number of anilines is 3. The maximum Gasteiger partial charge on any atom is 0.490 e. The summed E-state index contributed by atoms with van der Waals surface area (Å²) in [5.74, 6) is -3.13. The van der Waals surface area contributed by atoms with Gasteiger partial charge in [-0.1, -0.05) is 6.07 Å². The lowest BCUT2D eigenvalue weighted by atomic mass is 10.00. The predicted molar refractivity (Wildman–Crippen MR) is 121 cm³/mol. The Morgan fingerprint density at radius 1 is 0.950 bits per heavy atom. The molecule has 0 aliphatic carbocycles. The summed E-state index contributed by atoms with van der Waals surface area (Å²) in [6.45, 7) is 0.0241. The normalized spacial score (nSPS) is 15.9. The summed E-state index contributed by atoms with van der Waals surface area (Å²) in [5.41, 5.74) is 10.7. The minimum atomic E-state index is -5.08. The highest BCUT2D eigenvalue weighted by molar-refractivity contribution is 5.73. The van der Waals surface area contributed by atoms with Crippen molar-refractivity contribution in [1.29, 1.82) is 0 Å². The van der Waals surface area contributed by atoms with E-state index in [4.69, 9.17) is 21.4 Å². The topological polar surface area (TPSA) is 144 Å². The first kappa shape index (κ1) is 30.2. The maximum absolute atomic E-state index is 13.7. The number of carbonyl (C=O) groups is 1. The van der Waals surface area contributed by atoms with E-state index in [-0.39, 0.29) is 42.5 Å². The van der Waals surface area contributed by atoms with Crippen LogP contribution in [-0.2, 0) is 30.0 Å². The summed E-state index contributed by atoms with van der Waals surface area (Å²) >= 11 is 0. The zero-order valence-electron chi connectivity index (χ0n) is 19.8. The molecule has 18 heteroatoms. The number of carboxylic acids is 1. The number of carboxylic acid groups (broad SMARTS) is 1. The number of aliphatic carboxylic acids is 1. The molecule has 40 heavy (non-hydrogen) atoms. The van der Waals surface area contributed by atoms with Crippen LogP contribution >= 0.6 is 0 Å². The largest absolute Gasteiger partial charge is 0.490 e. The van der Waals surface area contributed by atoms with E-state index in [0.29, 0.717) is 11.3 Å². The molecule has 1 aliphatic rings. The highest BCUT2D eigenvalue weighted by Gasteiger charge is 2.40. The minimum Gasteiger partial charge on any atom is -0.475 e. The molecule has 1 atom stereocenters. The summed E-state index contributed by atoms with van der Waals surface area (Å²) in [6.07, 6.45) is -12.0. The van der Waals surface area contributed by atoms with Gasteiger partial charge in [0, 0.05) is 30.9 Å². The molecule has 0 aromatic carbocycles. The third-order valence-electron chi connectivity index (χ3n) is 5.58. The second-order valence-corrected chi connectivity index (χ2v) is 8.21. The van der Waals surface area contributed by atoms with Crippen LogP contribution in [0.1, 0.15) is 34.1 Å². The fourth-order valence-electron chi connectivity index (χ4n) is 3.86. The van der Waals surface area contributed by atoms with E-state index in [2.05, 4.69) is 19.9 Å². The van der Waals surface area contributed by atoms with Gasteiger partial charge in [0.15, 0.2) is 0 Å². The molecule has 216 valence electrons. The quantitative estimate of drug-likeness (QED) is 0.373. The lowest BCUT2D eigenvalue weighted by molar-refractivity contribution is -0.192. The molecule has 4 rings (SSSR count). The van der Waals surface area contributed by atoms with Crippen LogP contribution in [0.2, 0.25) is 0 Å². The lowest BCUT2D eigenvalue weighted by Gasteiger charge is -2.33. The van der Waals surface area contributed by atoms with Gasteiger partial charge in [-0.3, -0.25) is 4.98 Å². The van der Waals surface area contributed by atoms with Crippen molar-refractivity contribution in [2.75, 3.05) is 22.9 Å². The van der Waals surface area contributed by atoms with E-state index >= 15 is 0 Å². The average molecular weight is 583 g/mol. The van der Waals surface area contributed by atoms with Crippen molar-refractivity contribution in [2.45, 2.75) is 37.4 Å². The van der Waals surface area contributed by atoms with Crippen molar-refractivity contribution in [1.82, 2.24) is 19.9 Å². The molecule has 0 spiro atoms. The Morgan fingerprint density at radius 3 is 2.12 bits per heavy atom. The maximum atomic E-state index is 13.7. The van der Waals surface area contributed by atoms with Crippen molar-refractivity contribution in [3.63, 3.8) is 0 Å². The molecule has 0 saturated heterocycles. The zero-order chi connectivity index (χ0) is 30.0. The van der Waals surface area contributed by atoms with Gasteiger partial charge in [0.25, 0.3) is 0 Å². The molecule has 3 aromatic rings. The van der Waals surface area contributed by atoms with Gasteiger partial charge in [-0.15, -0.1) is 0 Å². The van der Waals surface area contributed by atoms with Gasteiger partial charge in [-0.05, 0) is 30.2 Å². The first-order chi connectivity index (χ1) is 18.4.